The molecule has 0 aromatic heterocycles. The predicted octanol–water partition coefficient (Wildman–Crippen LogP) is 6.02. The highest BCUT2D eigenvalue weighted by atomic mass is 31.2. The Hall–Kier alpha value is -1.81. The third kappa shape index (κ3) is 7.62. The zero-order chi connectivity index (χ0) is 27.8. The van der Waals surface area contributed by atoms with Crippen molar-refractivity contribution in [3.8, 4) is 5.75 Å². The van der Waals surface area contributed by atoms with Crippen LogP contribution in [0.3, 0.4) is 0 Å². The standard InChI is InChI=1S/C25H37F3NO7P/c1-15(14-35-37(32,33)34)29(23(30)31)18-8-11-20-16(13-18)5-12-21(22(20)25(26,27)28)36-19-9-6-17(7-10-19)24(2,3)4/h5,12,15,17-19H,6-11,13-14H2,1-4H3,(H,30,31)(H2,32,33,34). The third-order valence-electron chi connectivity index (χ3n) is 7.60. The molecule has 2 aliphatic rings. The van der Waals surface area contributed by atoms with Crippen molar-refractivity contribution in [1.82, 2.24) is 4.90 Å². The number of carbonyl (C=O) groups is 1. The zero-order valence-corrected chi connectivity index (χ0v) is 22.5. The average molecular weight is 552 g/mol. The first-order chi connectivity index (χ1) is 17.0. The molecule has 1 saturated carbocycles. The van der Waals surface area contributed by atoms with Crippen molar-refractivity contribution in [2.45, 2.75) is 97.0 Å². The summed E-state index contributed by atoms with van der Waals surface area (Å²) in [6.07, 6.45) is -2.89. The molecule has 37 heavy (non-hydrogen) atoms. The molecule has 1 aromatic rings. The van der Waals surface area contributed by atoms with Gasteiger partial charge in [-0.1, -0.05) is 26.8 Å². The van der Waals surface area contributed by atoms with E-state index in [9.17, 15) is 27.6 Å². The van der Waals surface area contributed by atoms with Gasteiger partial charge in [-0.25, -0.2) is 9.36 Å². The Labute approximate surface area is 215 Å². The Bertz CT molecular complexity index is 1010. The van der Waals surface area contributed by atoms with Crippen LogP contribution in [-0.2, 0) is 28.1 Å². The highest BCUT2D eigenvalue weighted by molar-refractivity contribution is 7.46. The van der Waals surface area contributed by atoms with E-state index in [-0.39, 0.29) is 42.1 Å². The fourth-order valence-electron chi connectivity index (χ4n) is 5.68. The normalized spacial score (nSPS) is 23.8. The van der Waals surface area contributed by atoms with Gasteiger partial charge in [0.15, 0.2) is 0 Å². The maximum absolute atomic E-state index is 14.3. The first-order valence-corrected chi connectivity index (χ1v) is 14.1. The number of halogens is 3. The van der Waals surface area contributed by atoms with Crippen molar-refractivity contribution in [2.24, 2.45) is 11.3 Å². The summed E-state index contributed by atoms with van der Waals surface area (Å²) in [4.78, 5) is 30.8. The molecule has 12 heteroatoms. The number of fused-ring (bicyclic) bond motifs is 1. The van der Waals surface area contributed by atoms with Gasteiger partial charge in [-0.05, 0) is 80.4 Å². The minimum absolute atomic E-state index is 0.00133. The number of carboxylic acid groups (broad SMARTS) is 1. The van der Waals surface area contributed by atoms with E-state index >= 15 is 0 Å². The average Bonchev–Trinajstić information content (AvgIpc) is 2.76. The lowest BCUT2D eigenvalue weighted by molar-refractivity contribution is -0.140. The number of phosphoric acid groups is 1. The van der Waals surface area contributed by atoms with Crippen LogP contribution in [-0.4, -0.2) is 50.7 Å². The van der Waals surface area contributed by atoms with Gasteiger partial charge in [0.2, 0.25) is 0 Å². The number of nitrogens with zero attached hydrogens (tertiary/aromatic N) is 1. The molecule has 1 amide bonds. The number of phosphoric ester groups is 1. The molecule has 8 nitrogen and oxygen atoms in total. The molecule has 0 saturated heterocycles. The minimum Gasteiger partial charge on any atom is -0.490 e. The molecule has 1 fully saturated rings. The SMILES string of the molecule is CC(COP(=O)(O)O)N(C(=O)O)C1CCc2c(ccc(OC3CCC(C(C)(C)C)CC3)c2C(F)(F)F)C1. The van der Waals surface area contributed by atoms with E-state index in [1.54, 1.807) is 6.07 Å². The molecule has 2 aliphatic carbocycles. The number of rotatable bonds is 7. The van der Waals surface area contributed by atoms with Gasteiger partial charge in [0, 0.05) is 6.04 Å². The van der Waals surface area contributed by atoms with E-state index in [1.165, 1.54) is 13.0 Å². The Balaban J connectivity index is 1.80. The molecular formula is C25H37F3NO7P. The van der Waals surface area contributed by atoms with Crippen LogP contribution in [0.2, 0.25) is 0 Å². The molecule has 1 aromatic carbocycles. The molecular weight excluding hydrogens is 514 g/mol. The Morgan fingerprint density at radius 2 is 1.76 bits per heavy atom. The Morgan fingerprint density at radius 3 is 2.27 bits per heavy atom. The molecule has 2 atom stereocenters. The molecule has 0 bridgehead atoms. The largest absolute Gasteiger partial charge is 0.490 e. The summed E-state index contributed by atoms with van der Waals surface area (Å²) in [6.45, 7) is 7.42. The number of alkyl halides is 3. The van der Waals surface area contributed by atoms with Crippen molar-refractivity contribution in [3.63, 3.8) is 0 Å². The van der Waals surface area contributed by atoms with Crippen LogP contribution < -0.4 is 4.74 Å². The van der Waals surface area contributed by atoms with Crippen LogP contribution in [0.1, 0.15) is 76.5 Å². The topological polar surface area (TPSA) is 117 Å². The lowest BCUT2D eigenvalue weighted by Crippen LogP contribution is -2.49. The third-order valence-corrected chi connectivity index (χ3v) is 8.09. The van der Waals surface area contributed by atoms with Crippen LogP contribution in [0.15, 0.2) is 12.1 Å². The van der Waals surface area contributed by atoms with Gasteiger partial charge in [0.1, 0.15) is 11.3 Å². The van der Waals surface area contributed by atoms with Crippen LogP contribution >= 0.6 is 7.82 Å². The molecule has 0 radical (unpaired) electrons. The molecule has 3 rings (SSSR count). The van der Waals surface area contributed by atoms with Gasteiger partial charge in [-0.3, -0.25) is 4.52 Å². The Morgan fingerprint density at radius 1 is 1.14 bits per heavy atom. The first-order valence-electron chi connectivity index (χ1n) is 12.6. The second kappa shape index (κ2) is 11.1. The summed E-state index contributed by atoms with van der Waals surface area (Å²) < 4.78 is 64.2. The fraction of sp³-hybridized carbons (Fsp3) is 0.720. The van der Waals surface area contributed by atoms with Crippen LogP contribution in [0, 0.1) is 11.3 Å². The van der Waals surface area contributed by atoms with Crippen LogP contribution in [0.25, 0.3) is 0 Å². The van der Waals surface area contributed by atoms with Gasteiger partial charge in [-0.15, -0.1) is 0 Å². The lowest BCUT2D eigenvalue weighted by Gasteiger charge is -2.38. The zero-order valence-electron chi connectivity index (χ0n) is 21.6. The number of hydrogen-bond donors (Lipinski definition) is 3. The van der Waals surface area contributed by atoms with Crippen molar-refractivity contribution in [1.29, 1.82) is 0 Å². The summed E-state index contributed by atoms with van der Waals surface area (Å²) >= 11 is 0. The van der Waals surface area contributed by atoms with Gasteiger partial charge in [-0.2, -0.15) is 13.2 Å². The fourth-order valence-corrected chi connectivity index (χ4v) is 6.09. The smallest absolute Gasteiger partial charge is 0.469 e. The number of ether oxygens (including phenoxy) is 1. The van der Waals surface area contributed by atoms with Crippen molar-refractivity contribution in [3.05, 3.63) is 28.8 Å². The molecule has 0 heterocycles. The summed E-state index contributed by atoms with van der Waals surface area (Å²) in [5.74, 6) is 0.323. The Kier molecular flexibility index (Phi) is 8.94. The highest BCUT2D eigenvalue weighted by Crippen LogP contribution is 2.45. The minimum atomic E-state index is -4.80. The van der Waals surface area contributed by atoms with Crippen molar-refractivity contribution >= 4 is 13.9 Å². The molecule has 0 aliphatic heterocycles. The van der Waals surface area contributed by atoms with E-state index < -0.39 is 44.3 Å². The highest BCUT2D eigenvalue weighted by Gasteiger charge is 2.42. The lowest BCUT2D eigenvalue weighted by atomic mass is 9.72. The van der Waals surface area contributed by atoms with E-state index in [4.69, 9.17) is 14.5 Å². The summed E-state index contributed by atoms with van der Waals surface area (Å²) in [5.41, 5.74) is -0.134. The molecule has 210 valence electrons. The van der Waals surface area contributed by atoms with Gasteiger partial charge >= 0.3 is 20.1 Å². The van der Waals surface area contributed by atoms with E-state index in [2.05, 4.69) is 25.3 Å². The molecule has 3 N–H and O–H groups in total. The van der Waals surface area contributed by atoms with E-state index in [1.807, 2.05) is 0 Å². The van der Waals surface area contributed by atoms with E-state index in [0.29, 0.717) is 24.3 Å². The van der Waals surface area contributed by atoms with Gasteiger partial charge in [0.05, 0.1) is 18.8 Å². The second-order valence-corrected chi connectivity index (χ2v) is 12.5. The number of amides is 1. The van der Waals surface area contributed by atoms with Crippen molar-refractivity contribution < 1.29 is 46.7 Å². The second-order valence-electron chi connectivity index (χ2n) is 11.3. The number of hydrogen-bond acceptors (Lipinski definition) is 4. The predicted molar refractivity (Wildman–Crippen MR) is 130 cm³/mol. The number of benzene rings is 1. The van der Waals surface area contributed by atoms with Crippen molar-refractivity contribution in [2.75, 3.05) is 6.61 Å². The van der Waals surface area contributed by atoms with E-state index in [0.717, 1.165) is 17.7 Å². The summed E-state index contributed by atoms with van der Waals surface area (Å²) in [5, 5.41) is 9.73. The van der Waals surface area contributed by atoms with Gasteiger partial charge in [0.25, 0.3) is 0 Å². The maximum atomic E-state index is 14.3. The maximum Gasteiger partial charge on any atom is 0.469 e. The van der Waals surface area contributed by atoms with Crippen LogP contribution in [0.4, 0.5) is 18.0 Å². The molecule has 2 unspecified atom stereocenters. The summed E-state index contributed by atoms with van der Waals surface area (Å²) in [6, 6.07) is 1.33. The first kappa shape index (κ1) is 29.7. The summed E-state index contributed by atoms with van der Waals surface area (Å²) in [7, 11) is -4.80. The molecule has 0 spiro atoms. The quantitative estimate of drug-likeness (QED) is 0.355. The monoisotopic (exact) mass is 551 g/mol. The van der Waals surface area contributed by atoms with Gasteiger partial charge < -0.3 is 24.5 Å². The van der Waals surface area contributed by atoms with Crippen LogP contribution in [0.5, 0.6) is 5.75 Å².